The lowest BCUT2D eigenvalue weighted by atomic mass is 10.1. The molecule has 0 atom stereocenters. The predicted molar refractivity (Wildman–Crippen MR) is 114 cm³/mol. The Kier molecular flexibility index (Phi) is 6.04. The molecule has 3 aromatic rings. The van der Waals surface area contributed by atoms with Crippen molar-refractivity contribution in [1.29, 1.82) is 21.0 Å². The van der Waals surface area contributed by atoms with Crippen LogP contribution in [0.2, 0.25) is 5.02 Å². The summed E-state index contributed by atoms with van der Waals surface area (Å²) in [5.74, 6) is 0.766. The Balaban J connectivity index is 2.02. The fourth-order valence-electron chi connectivity index (χ4n) is 2.95. The Hall–Kier alpha value is -4.56. The highest BCUT2D eigenvalue weighted by Crippen LogP contribution is 2.35. The van der Waals surface area contributed by atoms with Crippen LogP contribution in [-0.2, 0) is 0 Å². The van der Waals surface area contributed by atoms with Gasteiger partial charge in [0.1, 0.15) is 29.0 Å². The van der Waals surface area contributed by atoms with E-state index in [2.05, 4.69) is 16.4 Å². The molecule has 0 amide bonds. The van der Waals surface area contributed by atoms with E-state index in [-0.39, 0.29) is 33.4 Å². The van der Waals surface area contributed by atoms with Crippen molar-refractivity contribution in [2.24, 2.45) is 0 Å². The lowest BCUT2D eigenvalue weighted by molar-refractivity contribution is 0.457. The number of aryl methyl sites for hydroxylation is 2. The molecule has 7 nitrogen and oxygen atoms in total. The molecule has 1 N–H and O–H groups in total. The third-order valence-corrected chi connectivity index (χ3v) is 4.65. The molecule has 0 saturated carbocycles. The number of hydrogen-bond acceptors (Lipinski definition) is 7. The number of halogens is 1. The van der Waals surface area contributed by atoms with Crippen molar-refractivity contribution >= 4 is 23.1 Å². The van der Waals surface area contributed by atoms with Gasteiger partial charge in [-0.15, -0.1) is 0 Å². The Bertz CT molecular complexity index is 1350. The molecule has 0 saturated heterocycles. The molecule has 0 aliphatic rings. The van der Waals surface area contributed by atoms with E-state index in [9.17, 15) is 10.5 Å². The zero-order chi connectivity index (χ0) is 22.5. The number of anilines is 2. The lowest BCUT2D eigenvalue weighted by Crippen LogP contribution is -2.01. The van der Waals surface area contributed by atoms with Gasteiger partial charge in [0.05, 0.1) is 28.3 Å². The van der Waals surface area contributed by atoms with Gasteiger partial charge in [-0.25, -0.2) is 0 Å². The fourth-order valence-corrected chi connectivity index (χ4v) is 3.14. The molecule has 148 valence electrons. The molecule has 0 spiro atoms. The van der Waals surface area contributed by atoms with Crippen molar-refractivity contribution in [1.82, 2.24) is 4.98 Å². The topological polar surface area (TPSA) is 129 Å². The largest absolute Gasteiger partial charge is 0.437 e. The van der Waals surface area contributed by atoms with Crippen molar-refractivity contribution in [3.05, 3.63) is 74.8 Å². The molecule has 0 bridgehead atoms. The summed E-state index contributed by atoms with van der Waals surface area (Å²) in [6.45, 7) is 3.61. The van der Waals surface area contributed by atoms with Crippen molar-refractivity contribution in [2.45, 2.75) is 13.8 Å². The van der Waals surface area contributed by atoms with E-state index >= 15 is 0 Å². The van der Waals surface area contributed by atoms with Gasteiger partial charge < -0.3 is 10.1 Å². The molecule has 0 aliphatic carbocycles. The number of ether oxygens (including phenoxy) is 1. The maximum Gasteiger partial charge on any atom is 0.240 e. The van der Waals surface area contributed by atoms with Gasteiger partial charge in [0.25, 0.3) is 0 Å². The first kappa shape index (κ1) is 21.2. The van der Waals surface area contributed by atoms with E-state index in [1.54, 1.807) is 32.0 Å². The Morgan fingerprint density at radius 2 is 1.48 bits per heavy atom. The van der Waals surface area contributed by atoms with Crippen LogP contribution in [-0.4, -0.2) is 4.98 Å². The molecule has 1 heterocycles. The van der Waals surface area contributed by atoms with Crippen molar-refractivity contribution < 1.29 is 4.74 Å². The summed E-state index contributed by atoms with van der Waals surface area (Å²) >= 11 is 6.29. The minimum atomic E-state index is 0.0771. The van der Waals surface area contributed by atoms with Crippen molar-refractivity contribution in [2.75, 3.05) is 5.32 Å². The highest BCUT2D eigenvalue weighted by Gasteiger charge is 2.16. The average Bonchev–Trinajstić information content (AvgIpc) is 2.77. The van der Waals surface area contributed by atoms with Gasteiger partial charge in [-0.1, -0.05) is 11.6 Å². The third-order valence-electron chi connectivity index (χ3n) is 4.38. The molecular weight excluding hydrogens is 412 g/mol. The predicted octanol–water partition coefficient (Wildman–Crippen LogP) is 5.37. The number of nitrogens with zero attached hydrogens (tertiary/aromatic N) is 5. The van der Waals surface area contributed by atoms with E-state index in [0.717, 1.165) is 11.1 Å². The number of nitrogens with one attached hydrogen (secondary N) is 1. The summed E-state index contributed by atoms with van der Waals surface area (Å²) in [4.78, 5) is 4.36. The Morgan fingerprint density at radius 3 is 2.06 bits per heavy atom. The van der Waals surface area contributed by atoms with Gasteiger partial charge in [-0.05, 0) is 61.4 Å². The lowest BCUT2D eigenvalue weighted by Gasteiger charge is -2.15. The number of nitriles is 4. The van der Waals surface area contributed by atoms with Crippen molar-refractivity contribution in [3.8, 4) is 35.9 Å². The maximum atomic E-state index is 9.47. The second kappa shape index (κ2) is 8.85. The summed E-state index contributed by atoms with van der Waals surface area (Å²) in [6.07, 6.45) is 0. The van der Waals surface area contributed by atoms with Gasteiger partial charge >= 0.3 is 0 Å². The van der Waals surface area contributed by atoms with Gasteiger partial charge in [0.15, 0.2) is 5.82 Å². The molecule has 0 unspecified atom stereocenters. The number of rotatable bonds is 4. The molecule has 3 rings (SSSR count). The van der Waals surface area contributed by atoms with E-state index < -0.39 is 0 Å². The van der Waals surface area contributed by atoms with Crippen LogP contribution in [0.5, 0.6) is 11.6 Å². The second-order valence-electron chi connectivity index (χ2n) is 6.55. The van der Waals surface area contributed by atoms with E-state index in [1.807, 2.05) is 18.2 Å². The van der Waals surface area contributed by atoms with Gasteiger partial charge in [-0.2, -0.15) is 26.0 Å². The highest BCUT2D eigenvalue weighted by atomic mass is 35.5. The molecule has 31 heavy (non-hydrogen) atoms. The Morgan fingerprint density at radius 1 is 0.839 bits per heavy atom. The zero-order valence-corrected chi connectivity index (χ0v) is 17.2. The van der Waals surface area contributed by atoms with Gasteiger partial charge in [0.2, 0.25) is 5.88 Å². The van der Waals surface area contributed by atoms with Crippen LogP contribution in [0.3, 0.4) is 0 Å². The van der Waals surface area contributed by atoms with Crippen LogP contribution >= 0.6 is 11.6 Å². The average molecular weight is 425 g/mol. The smallest absolute Gasteiger partial charge is 0.240 e. The van der Waals surface area contributed by atoms with Gasteiger partial charge in [-0.3, -0.25) is 0 Å². The van der Waals surface area contributed by atoms with Gasteiger partial charge in [0, 0.05) is 5.69 Å². The van der Waals surface area contributed by atoms with Crippen molar-refractivity contribution in [3.63, 3.8) is 0 Å². The quantitative estimate of drug-likeness (QED) is 0.595. The fraction of sp³-hybridized carbons (Fsp3) is 0.0870. The van der Waals surface area contributed by atoms with E-state index in [1.165, 1.54) is 18.2 Å². The summed E-state index contributed by atoms with van der Waals surface area (Å²) in [6, 6.07) is 17.4. The molecule has 0 aliphatic heterocycles. The van der Waals surface area contributed by atoms with E-state index in [0.29, 0.717) is 17.0 Å². The van der Waals surface area contributed by atoms with Crippen LogP contribution in [0, 0.1) is 59.2 Å². The minimum absolute atomic E-state index is 0.0771. The minimum Gasteiger partial charge on any atom is -0.437 e. The molecule has 0 fully saturated rings. The van der Waals surface area contributed by atoms with Crippen LogP contribution in [0.1, 0.15) is 33.4 Å². The standard InChI is InChI=1S/C23H13ClN6O/c1-13-5-15(9-25)6-14(2)21(13)31-23-20(24)8-18(12-28)22(30-23)29-19-4-3-16(10-26)17(7-19)11-27/h3-8H,1-2H3,(H,29,30). The summed E-state index contributed by atoms with van der Waals surface area (Å²) in [7, 11) is 0. The number of hydrogen-bond donors (Lipinski definition) is 1. The maximum absolute atomic E-state index is 9.47. The highest BCUT2D eigenvalue weighted by molar-refractivity contribution is 6.32. The normalized spacial score (nSPS) is 9.65. The molecule has 8 heteroatoms. The summed E-state index contributed by atoms with van der Waals surface area (Å²) < 4.78 is 5.93. The molecule has 1 aromatic heterocycles. The van der Waals surface area contributed by atoms with Crippen LogP contribution in [0.4, 0.5) is 11.5 Å². The zero-order valence-electron chi connectivity index (χ0n) is 16.5. The summed E-state index contributed by atoms with van der Waals surface area (Å²) in [5.41, 5.74) is 3.07. The first-order valence-corrected chi connectivity index (χ1v) is 9.29. The molecule has 2 aromatic carbocycles. The number of benzene rings is 2. The summed E-state index contributed by atoms with van der Waals surface area (Å²) in [5, 5.41) is 40.0. The van der Waals surface area contributed by atoms with E-state index in [4.69, 9.17) is 26.9 Å². The second-order valence-corrected chi connectivity index (χ2v) is 6.95. The molecular formula is C23H13ClN6O. The monoisotopic (exact) mass is 424 g/mol. The SMILES string of the molecule is Cc1cc(C#N)cc(C)c1Oc1nc(Nc2ccc(C#N)c(C#N)c2)c(C#N)cc1Cl. The molecule has 0 radical (unpaired) electrons. The van der Waals surface area contributed by atoms with Crippen LogP contribution in [0.25, 0.3) is 0 Å². The third kappa shape index (κ3) is 4.39. The number of pyridine rings is 1. The Labute approximate surface area is 183 Å². The first-order chi connectivity index (χ1) is 14.9. The first-order valence-electron chi connectivity index (χ1n) is 8.91. The van der Waals surface area contributed by atoms with Crippen LogP contribution < -0.4 is 10.1 Å². The number of aromatic nitrogens is 1. The van der Waals surface area contributed by atoms with Crippen LogP contribution in [0.15, 0.2) is 36.4 Å².